The molecular weight excluding hydrogens is 430 g/mol. The first-order chi connectivity index (χ1) is 15.6. The predicted octanol–water partition coefficient (Wildman–Crippen LogP) is 5.13. The SMILES string of the molecule is CCCCN(C(=O)C(NC(=O)OC(C)(C)C)C(C)C)C(C(=O)NC(C)(C)C)c1ccccc1C. The zero-order valence-corrected chi connectivity index (χ0v) is 22.7. The summed E-state index contributed by atoms with van der Waals surface area (Å²) >= 11 is 0. The van der Waals surface area contributed by atoms with Crippen LogP contribution in [0.3, 0.4) is 0 Å². The molecule has 7 nitrogen and oxygen atoms in total. The molecule has 0 saturated heterocycles. The summed E-state index contributed by atoms with van der Waals surface area (Å²) in [5, 5.41) is 5.81. The molecule has 1 aromatic carbocycles. The third-order valence-corrected chi connectivity index (χ3v) is 5.18. The highest BCUT2D eigenvalue weighted by Crippen LogP contribution is 2.27. The van der Waals surface area contributed by atoms with Crippen molar-refractivity contribution < 1.29 is 19.1 Å². The number of aryl methyl sites for hydroxylation is 1. The molecule has 0 aliphatic heterocycles. The van der Waals surface area contributed by atoms with Gasteiger partial charge >= 0.3 is 6.09 Å². The van der Waals surface area contributed by atoms with Gasteiger partial charge in [0.05, 0.1) is 0 Å². The van der Waals surface area contributed by atoms with E-state index in [1.54, 1.807) is 25.7 Å². The van der Waals surface area contributed by atoms with Gasteiger partial charge in [0, 0.05) is 12.1 Å². The maximum absolute atomic E-state index is 14.0. The lowest BCUT2D eigenvalue weighted by molar-refractivity contribution is -0.144. The van der Waals surface area contributed by atoms with Gasteiger partial charge < -0.3 is 20.3 Å². The van der Waals surface area contributed by atoms with Gasteiger partial charge in [-0.05, 0) is 71.9 Å². The van der Waals surface area contributed by atoms with Crippen LogP contribution >= 0.6 is 0 Å². The number of ether oxygens (including phenoxy) is 1. The number of unbranched alkanes of at least 4 members (excludes halogenated alkanes) is 1. The second-order valence-electron chi connectivity index (χ2n) is 11.3. The summed E-state index contributed by atoms with van der Waals surface area (Å²) in [4.78, 5) is 41.7. The van der Waals surface area contributed by atoms with Crippen molar-refractivity contribution in [1.82, 2.24) is 15.5 Å². The summed E-state index contributed by atoms with van der Waals surface area (Å²) < 4.78 is 5.41. The molecule has 34 heavy (non-hydrogen) atoms. The fraction of sp³-hybridized carbons (Fsp3) is 0.667. The van der Waals surface area contributed by atoms with Crippen molar-refractivity contribution in [2.24, 2.45) is 5.92 Å². The number of nitrogens with one attached hydrogen (secondary N) is 2. The third kappa shape index (κ3) is 9.35. The highest BCUT2D eigenvalue weighted by Gasteiger charge is 2.38. The van der Waals surface area contributed by atoms with Gasteiger partial charge in [-0.3, -0.25) is 9.59 Å². The average molecular weight is 476 g/mol. The van der Waals surface area contributed by atoms with Crippen LogP contribution in [-0.2, 0) is 14.3 Å². The van der Waals surface area contributed by atoms with Crippen molar-refractivity contribution in [2.45, 2.75) is 105 Å². The van der Waals surface area contributed by atoms with E-state index in [2.05, 4.69) is 10.6 Å². The number of hydrogen-bond donors (Lipinski definition) is 2. The van der Waals surface area contributed by atoms with E-state index in [1.807, 2.05) is 72.7 Å². The van der Waals surface area contributed by atoms with Gasteiger partial charge in [0.1, 0.15) is 17.7 Å². The van der Waals surface area contributed by atoms with Crippen LogP contribution in [0, 0.1) is 12.8 Å². The monoisotopic (exact) mass is 475 g/mol. The largest absolute Gasteiger partial charge is 0.444 e. The Kier molecular flexibility index (Phi) is 10.6. The van der Waals surface area contributed by atoms with Crippen LogP contribution in [0.2, 0.25) is 0 Å². The fourth-order valence-electron chi connectivity index (χ4n) is 3.60. The minimum atomic E-state index is -0.833. The highest BCUT2D eigenvalue weighted by molar-refractivity contribution is 5.92. The molecule has 2 unspecified atom stereocenters. The predicted molar refractivity (Wildman–Crippen MR) is 136 cm³/mol. The molecule has 2 N–H and O–H groups in total. The molecule has 0 heterocycles. The third-order valence-electron chi connectivity index (χ3n) is 5.18. The van der Waals surface area contributed by atoms with Crippen LogP contribution < -0.4 is 10.6 Å². The van der Waals surface area contributed by atoms with Gasteiger partial charge in [0.25, 0.3) is 0 Å². The molecule has 192 valence electrons. The summed E-state index contributed by atoms with van der Waals surface area (Å²) in [6.45, 7) is 19.2. The Labute approximate surface area is 206 Å². The number of benzene rings is 1. The van der Waals surface area contributed by atoms with E-state index in [0.29, 0.717) is 6.54 Å². The van der Waals surface area contributed by atoms with Crippen molar-refractivity contribution in [1.29, 1.82) is 0 Å². The first kappa shape index (κ1) is 29.5. The molecule has 7 heteroatoms. The Morgan fingerprint density at radius 3 is 2.09 bits per heavy atom. The summed E-state index contributed by atoms with van der Waals surface area (Å²) in [7, 11) is 0. The first-order valence-corrected chi connectivity index (χ1v) is 12.2. The Hall–Kier alpha value is -2.57. The van der Waals surface area contributed by atoms with Gasteiger partial charge in [-0.1, -0.05) is 51.5 Å². The average Bonchev–Trinajstić information content (AvgIpc) is 2.66. The van der Waals surface area contributed by atoms with Crippen LogP contribution in [0.15, 0.2) is 24.3 Å². The van der Waals surface area contributed by atoms with Crippen molar-refractivity contribution in [3.8, 4) is 0 Å². The van der Waals surface area contributed by atoms with Gasteiger partial charge in [0.15, 0.2) is 0 Å². The minimum absolute atomic E-state index is 0.202. The molecular formula is C27H45N3O4. The number of carbonyl (C=O) groups excluding carboxylic acids is 3. The molecule has 0 aromatic heterocycles. The lowest BCUT2D eigenvalue weighted by Gasteiger charge is -2.37. The van der Waals surface area contributed by atoms with Crippen LogP contribution in [0.1, 0.15) is 92.3 Å². The molecule has 0 spiro atoms. The Morgan fingerprint density at radius 2 is 1.62 bits per heavy atom. The maximum Gasteiger partial charge on any atom is 0.408 e. The van der Waals surface area contributed by atoms with Crippen molar-refractivity contribution in [2.75, 3.05) is 6.54 Å². The number of rotatable bonds is 9. The number of nitrogens with zero attached hydrogens (tertiary/aromatic N) is 1. The number of hydrogen-bond acceptors (Lipinski definition) is 4. The molecule has 0 fully saturated rings. The summed E-state index contributed by atoms with van der Waals surface area (Å²) in [6.07, 6.45) is 0.937. The molecule has 0 aliphatic carbocycles. The van der Waals surface area contributed by atoms with E-state index in [0.717, 1.165) is 24.0 Å². The quantitative estimate of drug-likeness (QED) is 0.518. The Balaban J connectivity index is 3.49. The second-order valence-corrected chi connectivity index (χ2v) is 11.3. The van der Waals surface area contributed by atoms with Gasteiger partial charge in [-0.15, -0.1) is 0 Å². The molecule has 0 radical (unpaired) electrons. The number of alkyl carbamates (subject to hydrolysis) is 1. The van der Waals surface area contributed by atoms with Gasteiger partial charge in [-0.2, -0.15) is 0 Å². The summed E-state index contributed by atoms with van der Waals surface area (Å²) in [5.74, 6) is -0.745. The van der Waals surface area contributed by atoms with Crippen molar-refractivity contribution in [3.05, 3.63) is 35.4 Å². The topological polar surface area (TPSA) is 87.7 Å². The zero-order valence-electron chi connectivity index (χ0n) is 22.7. The van der Waals surface area contributed by atoms with Gasteiger partial charge in [-0.25, -0.2) is 4.79 Å². The number of amides is 3. The van der Waals surface area contributed by atoms with Gasteiger partial charge in [0.2, 0.25) is 11.8 Å². The molecule has 1 rings (SSSR count). The van der Waals surface area contributed by atoms with Crippen LogP contribution in [0.25, 0.3) is 0 Å². The van der Waals surface area contributed by atoms with E-state index < -0.39 is 29.3 Å². The summed E-state index contributed by atoms with van der Waals surface area (Å²) in [6, 6.07) is 5.97. The van der Waals surface area contributed by atoms with Crippen LogP contribution in [0.4, 0.5) is 4.79 Å². The maximum atomic E-state index is 14.0. The molecule has 0 bridgehead atoms. The number of carbonyl (C=O) groups is 3. The standard InChI is InChI=1S/C27H45N3O4/c1-11-12-17-30(24(32)21(18(2)3)28-25(33)34-27(8,9)10)22(23(31)29-26(5,6)7)20-16-14-13-15-19(20)4/h13-16,18,21-22H,11-12,17H2,1-10H3,(H,28,33)(H,29,31). The minimum Gasteiger partial charge on any atom is -0.444 e. The van der Waals surface area contributed by atoms with E-state index in [1.165, 1.54) is 0 Å². The molecule has 0 aliphatic rings. The molecule has 0 saturated carbocycles. The van der Waals surface area contributed by atoms with E-state index in [4.69, 9.17) is 4.74 Å². The van der Waals surface area contributed by atoms with Crippen molar-refractivity contribution >= 4 is 17.9 Å². The van der Waals surface area contributed by atoms with Crippen molar-refractivity contribution in [3.63, 3.8) is 0 Å². The lowest BCUT2D eigenvalue weighted by atomic mass is 9.95. The smallest absolute Gasteiger partial charge is 0.408 e. The highest BCUT2D eigenvalue weighted by atomic mass is 16.6. The van der Waals surface area contributed by atoms with Crippen LogP contribution in [0.5, 0.6) is 0 Å². The van der Waals surface area contributed by atoms with E-state index in [9.17, 15) is 14.4 Å². The Morgan fingerprint density at radius 1 is 1.03 bits per heavy atom. The zero-order chi connectivity index (χ0) is 26.3. The van der Waals surface area contributed by atoms with E-state index in [-0.39, 0.29) is 17.7 Å². The Bertz CT molecular complexity index is 837. The van der Waals surface area contributed by atoms with Crippen LogP contribution in [-0.4, -0.2) is 46.5 Å². The summed E-state index contributed by atoms with van der Waals surface area (Å²) in [5.41, 5.74) is 0.539. The second kappa shape index (κ2) is 12.2. The molecule has 1 aromatic rings. The normalized spacial score (nSPS) is 13.7. The molecule has 2 atom stereocenters. The lowest BCUT2D eigenvalue weighted by Crippen LogP contribution is -2.56. The first-order valence-electron chi connectivity index (χ1n) is 12.2. The fourth-order valence-corrected chi connectivity index (χ4v) is 3.60. The van der Waals surface area contributed by atoms with E-state index >= 15 is 0 Å². The molecule has 3 amide bonds.